The summed E-state index contributed by atoms with van der Waals surface area (Å²) in [6.07, 6.45) is 33.5. The lowest BCUT2D eigenvalue weighted by atomic mass is 10.0. The molecule has 0 bridgehead atoms. The number of para-hydroxylation sites is 2. The summed E-state index contributed by atoms with van der Waals surface area (Å²) in [6, 6.07) is 72.9. The van der Waals surface area contributed by atoms with E-state index in [2.05, 4.69) is 287 Å². The Morgan fingerprint density at radius 3 is 1.32 bits per heavy atom. The van der Waals surface area contributed by atoms with Crippen LogP contribution < -0.4 is 19.6 Å². The van der Waals surface area contributed by atoms with Gasteiger partial charge >= 0.3 is 0 Å². The predicted octanol–water partition coefficient (Wildman–Crippen LogP) is 19.4. The van der Waals surface area contributed by atoms with Gasteiger partial charge in [0.1, 0.15) is 0 Å². The molecule has 3 aliphatic rings. The molecule has 0 amide bonds. The van der Waals surface area contributed by atoms with Gasteiger partial charge in [0.25, 0.3) is 0 Å². The van der Waals surface area contributed by atoms with E-state index < -0.39 is 0 Å². The summed E-state index contributed by atoms with van der Waals surface area (Å²) in [6.45, 7) is 0. The molecule has 0 radical (unpaired) electrons. The zero-order valence-electron chi connectivity index (χ0n) is 40.8. The highest BCUT2D eigenvalue weighted by molar-refractivity contribution is 5.99. The van der Waals surface area contributed by atoms with Crippen LogP contribution in [-0.4, -0.2) is 0 Å². The monoisotopic (exact) mass is 932 g/mol. The first kappa shape index (κ1) is 45.8. The van der Waals surface area contributed by atoms with E-state index in [1.54, 1.807) is 0 Å². The van der Waals surface area contributed by atoms with Crippen molar-refractivity contribution in [1.29, 1.82) is 0 Å². The Balaban J connectivity index is 0.874. The SMILES string of the molecule is C1=CC(N(c2ccc(-c3ccc(N(C4=CCCC=C4)c4ccc(N(c5ccccc5)c5cccc6ccccc56)cc4)cc3)cc2)c2ccc(N(/C3=C/C=C\C/C=C\CCC3)c3ccccc3)cc2)=CCC1. The molecule has 3 aliphatic carbocycles. The highest BCUT2D eigenvalue weighted by Crippen LogP contribution is 2.42. The van der Waals surface area contributed by atoms with Gasteiger partial charge in [-0.25, -0.2) is 0 Å². The van der Waals surface area contributed by atoms with Crippen LogP contribution in [0.15, 0.2) is 284 Å². The molecule has 0 spiro atoms. The Kier molecular flexibility index (Phi) is 14.0. The van der Waals surface area contributed by atoms with Crippen LogP contribution >= 0.6 is 0 Å². The first-order chi connectivity index (χ1) is 35.7. The average Bonchev–Trinajstić information content (AvgIpc) is 3.45. The standard InChI is InChI=1S/C68H60N4/c1-2-4-10-25-56(26-11-5-3-1)69(57-27-12-6-13-28-57)63-45-47-64(48-46-63)70(58-29-14-7-15-30-58)61-41-37-53(38-42-61)54-39-43-62(44-40-54)71(59-31-16-8-17-32-59)65-49-51-66(52-50-65)72(60-33-18-9-19-34-60)68-36-22-24-55-23-20-21-35-67(55)68/h1-2,5-6,9,11-14,16,18-24,26-52H,3-4,7-8,10,15,17,25H2/b2-1-,11-5-,56-26+. The number of fused-ring (bicyclic) bond motifs is 1. The largest absolute Gasteiger partial charge is 0.314 e. The summed E-state index contributed by atoms with van der Waals surface area (Å²) in [7, 11) is 0. The van der Waals surface area contributed by atoms with Crippen molar-refractivity contribution >= 4 is 62.0 Å². The van der Waals surface area contributed by atoms with Gasteiger partial charge < -0.3 is 19.6 Å². The summed E-state index contributed by atoms with van der Waals surface area (Å²) in [5.74, 6) is 0. The summed E-state index contributed by atoms with van der Waals surface area (Å²) >= 11 is 0. The van der Waals surface area contributed by atoms with Gasteiger partial charge in [-0.15, -0.1) is 0 Å². The minimum absolute atomic E-state index is 0.965. The van der Waals surface area contributed by atoms with E-state index in [4.69, 9.17) is 0 Å². The summed E-state index contributed by atoms with van der Waals surface area (Å²) in [5.41, 5.74) is 16.2. The van der Waals surface area contributed by atoms with E-state index in [1.807, 2.05) is 0 Å². The van der Waals surface area contributed by atoms with Gasteiger partial charge in [0.2, 0.25) is 0 Å². The first-order valence-electron chi connectivity index (χ1n) is 25.7. The molecule has 8 aromatic carbocycles. The second kappa shape index (κ2) is 22.0. The van der Waals surface area contributed by atoms with E-state index in [1.165, 1.54) is 44.7 Å². The van der Waals surface area contributed by atoms with Crippen molar-refractivity contribution in [1.82, 2.24) is 0 Å². The molecule has 72 heavy (non-hydrogen) atoms. The van der Waals surface area contributed by atoms with Crippen molar-refractivity contribution < 1.29 is 0 Å². The fraction of sp³-hybridized carbons (Fsp3) is 0.118. The molecule has 11 rings (SSSR count). The van der Waals surface area contributed by atoms with Crippen LogP contribution in [0.5, 0.6) is 0 Å². The molecule has 0 unspecified atom stereocenters. The molecular weight excluding hydrogens is 873 g/mol. The van der Waals surface area contributed by atoms with Crippen LogP contribution in [0.1, 0.15) is 51.4 Å². The molecular formula is C68H60N4. The smallest absolute Gasteiger partial charge is 0.0540 e. The van der Waals surface area contributed by atoms with Gasteiger partial charge in [-0.05, 0) is 189 Å². The zero-order valence-corrected chi connectivity index (χ0v) is 40.8. The Bertz CT molecular complexity index is 3320. The number of benzene rings is 8. The Morgan fingerprint density at radius 2 is 0.778 bits per heavy atom. The number of hydrogen-bond acceptors (Lipinski definition) is 4. The van der Waals surface area contributed by atoms with Crippen molar-refractivity contribution in [2.24, 2.45) is 0 Å². The number of anilines is 9. The summed E-state index contributed by atoms with van der Waals surface area (Å²) in [4.78, 5) is 9.57. The van der Waals surface area contributed by atoms with Crippen LogP contribution in [0, 0.1) is 0 Å². The maximum atomic E-state index is 2.43. The van der Waals surface area contributed by atoms with Crippen molar-refractivity contribution in [2.45, 2.75) is 51.4 Å². The Morgan fingerprint density at radius 1 is 0.319 bits per heavy atom. The lowest BCUT2D eigenvalue weighted by molar-refractivity contribution is 0.812. The molecule has 0 N–H and O–H groups in total. The van der Waals surface area contributed by atoms with Crippen LogP contribution in [-0.2, 0) is 0 Å². The van der Waals surface area contributed by atoms with Crippen LogP contribution in [0.25, 0.3) is 21.9 Å². The number of hydrogen-bond donors (Lipinski definition) is 0. The number of rotatable bonds is 13. The van der Waals surface area contributed by atoms with E-state index in [0.717, 1.165) is 96.9 Å². The quantitative estimate of drug-likeness (QED) is 0.107. The third kappa shape index (κ3) is 10.2. The number of nitrogens with zero attached hydrogens (tertiary/aromatic N) is 4. The average molecular weight is 933 g/mol. The van der Waals surface area contributed by atoms with Crippen molar-refractivity contribution in [3.8, 4) is 11.1 Å². The Labute approximate surface area is 426 Å². The highest BCUT2D eigenvalue weighted by atomic mass is 15.2. The summed E-state index contributed by atoms with van der Waals surface area (Å²) in [5, 5.41) is 2.44. The van der Waals surface area contributed by atoms with Crippen LogP contribution in [0.2, 0.25) is 0 Å². The third-order valence-corrected chi connectivity index (χ3v) is 13.8. The van der Waals surface area contributed by atoms with E-state index in [-0.39, 0.29) is 0 Å². The molecule has 0 atom stereocenters. The van der Waals surface area contributed by atoms with Crippen molar-refractivity contribution in [3.05, 3.63) is 284 Å². The zero-order chi connectivity index (χ0) is 48.3. The number of allylic oxidation sites excluding steroid dienone is 12. The van der Waals surface area contributed by atoms with Gasteiger partial charge in [-0.2, -0.15) is 0 Å². The predicted molar refractivity (Wildman–Crippen MR) is 308 cm³/mol. The molecule has 0 heterocycles. The first-order valence-corrected chi connectivity index (χ1v) is 25.7. The van der Waals surface area contributed by atoms with Gasteiger partial charge in [-0.1, -0.05) is 146 Å². The molecule has 0 saturated heterocycles. The normalized spacial score (nSPS) is 16.1. The van der Waals surface area contributed by atoms with Crippen LogP contribution in [0.4, 0.5) is 51.2 Å². The van der Waals surface area contributed by atoms with Gasteiger partial charge in [-0.3, -0.25) is 0 Å². The molecule has 0 fully saturated rings. The molecule has 0 aromatic heterocycles. The fourth-order valence-corrected chi connectivity index (χ4v) is 10.2. The van der Waals surface area contributed by atoms with Crippen LogP contribution in [0.3, 0.4) is 0 Å². The van der Waals surface area contributed by atoms with E-state index in [9.17, 15) is 0 Å². The summed E-state index contributed by atoms with van der Waals surface area (Å²) < 4.78 is 0. The van der Waals surface area contributed by atoms with E-state index in [0.29, 0.717) is 0 Å². The van der Waals surface area contributed by atoms with Gasteiger partial charge in [0, 0.05) is 68.0 Å². The molecule has 8 aromatic rings. The highest BCUT2D eigenvalue weighted by Gasteiger charge is 2.21. The van der Waals surface area contributed by atoms with Crippen molar-refractivity contribution in [3.63, 3.8) is 0 Å². The second-order valence-corrected chi connectivity index (χ2v) is 18.5. The topological polar surface area (TPSA) is 13.0 Å². The molecule has 0 aliphatic heterocycles. The second-order valence-electron chi connectivity index (χ2n) is 18.5. The van der Waals surface area contributed by atoms with Gasteiger partial charge in [0.15, 0.2) is 0 Å². The van der Waals surface area contributed by atoms with Crippen molar-refractivity contribution in [2.75, 3.05) is 19.6 Å². The maximum absolute atomic E-state index is 2.43. The third-order valence-electron chi connectivity index (χ3n) is 13.8. The fourth-order valence-electron chi connectivity index (χ4n) is 10.2. The minimum atomic E-state index is 0.965. The maximum Gasteiger partial charge on any atom is 0.0540 e. The minimum Gasteiger partial charge on any atom is -0.314 e. The van der Waals surface area contributed by atoms with E-state index >= 15 is 0 Å². The molecule has 4 nitrogen and oxygen atoms in total. The molecule has 0 saturated carbocycles. The molecule has 352 valence electrons. The Hall–Kier alpha value is -8.60. The lowest BCUT2D eigenvalue weighted by Crippen LogP contribution is -2.18. The molecule has 4 heteroatoms. The lowest BCUT2D eigenvalue weighted by Gasteiger charge is -2.30. The van der Waals surface area contributed by atoms with Gasteiger partial charge in [0.05, 0.1) is 5.69 Å².